The summed E-state index contributed by atoms with van der Waals surface area (Å²) in [5, 5.41) is 3.35. The Morgan fingerprint density at radius 3 is 2.20 bits per heavy atom. The molecule has 0 heterocycles. The first kappa shape index (κ1) is 10.1. The van der Waals surface area contributed by atoms with Crippen molar-refractivity contribution in [1.29, 1.82) is 0 Å². The summed E-state index contributed by atoms with van der Waals surface area (Å²) in [7, 11) is 1.23. The smallest absolute Gasteiger partial charge is 0.0388 e. The highest BCUT2D eigenvalue weighted by molar-refractivity contribution is 7.85. The average Bonchev–Trinajstić information content (AvgIpc) is 1.87. The van der Waals surface area contributed by atoms with Crippen molar-refractivity contribution < 1.29 is 4.21 Å². The molecule has 0 amide bonds. The zero-order valence-corrected chi connectivity index (χ0v) is 7.99. The molecule has 0 aromatic carbocycles. The van der Waals surface area contributed by atoms with Crippen molar-refractivity contribution in [2.24, 2.45) is 0 Å². The molecular weight excluding hydrogens is 146 g/mol. The summed E-state index contributed by atoms with van der Waals surface area (Å²) in [5.74, 6) is 0.758. The highest BCUT2D eigenvalue weighted by atomic mass is 32.2. The normalized spacial score (nSPS) is 17.3. The first-order valence-corrected chi connectivity index (χ1v) is 5.00. The molecule has 2 nitrogen and oxygen atoms in total. The Bertz CT molecular complexity index is 114. The third-order valence-corrected chi connectivity index (χ3v) is 3.31. The van der Waals surface area contributed by atoms with Gasteiger partial charge in [-0.2, -0.15) is 0 Å². The van der Waals surface area contributed by atoms with Gasteiger partial charge >= 0.3 is 0 Å². The standard InChI is InChI=1S/C7H17NOS/c1-6(2)10(9)5-7(3)8-4/h6-8H,5H2,1-4H3. The summed E-state index contributed by atoms with van der Waals surface area (Å²) < 4.78 is 11.2. The Morgan fingerprint density at radius 2 is 1.90 bits per heavy atom. The molecule has 0 spiro atoms. The fourth-order valence-electron chi connectivity index (χ4n) is 0.522. The first-order chi connectivity index (χ1) is 4.57. The van der Waals surface area contributed by atoms with E-state index in [0.717, 1.165) is 5.75 Å². The number of hydrogen-bond donors (Lipinski definition) is 1. The third-order valence-electron chi connectivity index (χ3n) is 1.43. The van der Waals surface area contributed by atoms with E-state index in [4.69, 9.17) is 0 Å². The maximum Gasteiger partial charge on any atom is 0.0388 e. The molecule has 1 N–H and O–H groups in total. The number of hydrogen-bond acceptors (Lipinski definition) is 2. The molecule has 0 aliphatic heterocycles. The van der Waals surface area contributed by atoms with Crippen LogP contribution >= 0.6 is 0 Å². The van der Waals surface area contributed by atoms with Crippen molar-refractivity contribution in [1.82, 2.24) is 5.32 Å². The molecular formula is C7H17NOS. The molecule has 0 rings (SSSR count). The second kappa shape index (κ2) is 4.85. The van der Waals surface area contributed by atoms with Crippen molar-refractivity contribution in [2.75, 3.05) is 12.8 Å². The lowest BCUT2D eigenvalue weighted by molar-refractivity contribution is 0.641. The van der Waals surface area contributed by atoms with Crippen LogP contribution in [0.25, 0.3) is 0 Å². The van der Waals surface area contributed by atoms with E-state index in [1.165, 1.54) is 0 Å². The summed E-state index contributed by atoms with van der Waals surface area (Å²) in [6.45, 7) is 6.01. The largest absolute Gasteiger partial charge is 0.316 e. The predicted molar refractivity (Wildman–Crippen MR) is 46.7 cm³/mol. The highest BCUT2D eigenvalue weighted by Gasteiger charge is 2.08. The van der Waals surface area contributed by atoms with Gasteiger partial charge in [-0.1, -0.05) is 13.8 Å². The van der Waals surface area contributed by atoms with E-state index >= 15 is 0 Å². The quantitative estimate of drug-likeness (QED) is 0.662. The molecule has 2 atom stereocenters. The fourth-order valence-corrected chi connectivity index (χ4v) is 1.57. The summed E-state index contributed by atoms with van der Waals surface area (Å²) >= 11 is 0. The zero-order valence-electron chi connectivity index (χ0n) is 7.18. The van der Waals surface area contributed by atoms with E-state index in [1.807, 2.05) is 27.8 Å². The van der Waals surface area contributed by atoms with Crippen LogP contribution in [0.15, 0.2) is 0 Å². The lowest BCUT2D eigenvalue weighted by Gasteiger charge is -2.11. The molecule has 62 valence electrons. The third kappa shape index (κ3) is 4.01. The van der Waals surface area contributed by atoms with Gasteiger partial charge in [-0.15, -0.1) is 0 Å². The van der Waals surface area contributed by atoms with Crippen LogP contribution in [0.1, 0.15) is 20.8 Å². The molecule has 0 bridgehead atoms. The predicted octanol–water partition coefficient (Wildman–Crippen LogP) is 0.751. The van der Waals surface area contributed by atoms with Crippen LogP contribution in [0.4, 0.5) is 0 Å². The summed E-state index contributed by atoms with van der Waals surface area (Å²) in [4.78, 5) is 0. The van der Waals surface area contributed by atoms with Crippen LogP contribution in [0, 0.1) is 0 Å². The summed E-state index contributed by atoms with van der Waals surface area (Å²) in [6, 6.07) is 0.364. The van der Waals surface area contributed by atoms with Gasteiger partial charge in [0.2, 0.25) is 0 Å². The Labute approximate surface area is 65.9 Å². The molecule has 0 aliphatic carbocycles. The molecule has 0 saturated carbocycles. The van der Waals surface area contributed by atoms with E-state index in [1.54, 1.807) is 0 Å². The van der Waals surface area contributed by atoms with Crippen LogP contribution in [-0.4, -0.2) is 28.3 Å². The lowest BCUT2D eigenvalue weighted by Crippen LogP contribution is -2.29. The van der Waals surface area contributed by atoms with Gasteiger partial charge in [-0.3, -0.25) is 4.21 Å². The van der Waals surface area contributed by atoms with Crippen LogP contribution in [0.2, 0.25) is 0 Å². The molecule has 0 aromatic heterocycles. The van der Waals surface area contributed by atoms with Gasteiger partial charge < -0.3 is 5.32 Å². The van der Waals surface area contributed by atoms with Crippen LogP contribution in [0.3, 0.4) is 0 Å². The van der Waals surface area contributed by atoms with E-state index in [-0.39, 0.29) is 5.25 Å². The molecule has 0 fully saturated rings. The first-order valence-electron chi connectivity index (χ1n) is 3.62. The molecule has 10 heavy (non-hydrogen) atoms. The molecule has 3 heteroatoms. The Balaban J connectivity index is 3.57. The monoisotopic (exact) mass is 163 g/mol. The Kier molecular flexibility index (Phi) is 4.91. The van der Waals surface area contributed by atoms with Gasteiger partial charge in [-0.05, 0) is 14.0 Å². The second-order valence-electron chi connectivity index (χ2n) is 2.79. The van der Waals surface area contributed by atoms with Gasteiger partial charge in [0, 0.05) is 27.8 Å². The minimum atomic E-state index is -0.664. The van der Waals surface area contributed by atoms with Gasteiger partial charge in [0.15, 0.2) is 0 Å². The van der Waals surface area contributed by atoms with E-state index < -0.39 is 10.8 Å². The second-order valence-corrected chi connectivity index (χ2v) is 4.82. The lowest BCUT2D eigenvalue weighted by atomic mass is 10.4. The molecule has 0 saturated heterocycles. The summed E-state index contributed by atoms with van der Waals surface area (Å²) in [5.41, 5.74) is 0. The molecule has 0 aliphatic rings. The van der Waals surface area contributed by atoms with Gasteiger partial charge in [0.05, 0.1) is 0 Å². The number of nitrogens with one attached hydrogen (secondary N) is 1. The highest BCUT2D eigenvalue weighted by Crippen LogP contribution is 1.96. The molecule has 0 radical (unpaired) electrons. The SMILES string of the molecule is CNC(C)CS(=O)C(C)C. The van der Waals surface area contributed by atoms with E-state index in [2.05, 4.69) is 5.32 Å². The van der Waals surface area contributed by atoms with Crippen molar-refractivity contribution >= 4 is 10.8 Å². The van der Waals surface area contributed by atoms with Gasteiger partial charge in [0.25, 0.3) is 0 Å². The molecule has 0 aromatic rings. The summed E-state index contributed by atoms with van der Waals surface area (Å²) in [6.07, 6.45) is 0. The maximum atomic E-state index is 11.2. The van der Waals surface area contributed by atoms with Crippen molar-refractivity contribution in [3.8, 4) is 0 Å². The van der Waals surface area contributed by atoms with E-state index in [0.29, 0.717) is 6.04 Å². The zero-order chi connectivity index (χ0) is 8.15. The van der Waals surface area contributed by atoms with Gasteiger partial charge in [0.1, 0.15) is 0 Å². The fraction of sp³-hybridized carbons (Fsp3) is 1.00. The Morgan fingerprint density at radius 1 is 1.40 bits per heavy atom. The van der Waals surface area contributed by atoms with Crippen molar-refractivity contribution in [2.45, 2.75) is 32.1 Å². The average molecular weight is 163 g/mol. The molecule has 2 unspecified atom stereocenters. The topological polar surface area (TPSA) is 29.1 Å². The Hall–Kier alpha value is 0.110. The minimum absolute atomic E-state index is 0.288. The van der Waals surface area contributed by atoms with Crippen LogP contribution in [-0.2, 0) is 10.8 Å². The van der Waals surface area contributed by atoms with E-state index in [9.17, 15) is 4.21 Å². The van der Waals surface area contributed by atoms with Crippen LogP contribution < -0.4 is 5.32 Å². The van der Waals surface area contributed by atoms with Crippen LogP contribution in [0.5, 0.6) is 0 Å². The van der Waals surface area contributed by atoms with Crippen molar-refractivity contribution in [3.05, 3.63) is 0 Å². The maximum absolute atomic E-state index is 11.2. The number of rotatable bonds is 4. The minimum Gasteiger partial charge on any atom is -0.316 e. The van der Waals surface area contributed by atoms with Crippen molar-refractivity contribution in [3.63, 3.8) is 0 Å². The van der Waals surface area contributed by atoms with Gasteiger partial charge in [-0.25, -0.2) is 0 Å².